The SMILES string of the molecule is CC1=Nc2ccccc2N(C)C1C=Cc1ccc(N(C)C)cc1. The van der Waals surface area contributed by atoms with Gasteiger partial charge in [0.25, 0.3) is 0 Å². The highest BCUT2D eigenvalue weighted by Crippen LogP contribution is 2.33. The van der Waals surface area contributed by atoms with E-state index in [0.717, 1.165) is 11.4 Å². The van der Waals surface area contributed by atoms with Gasteiger partial charge in [0.1, 0.15) is 0 Å². The van der Waals surface area contributed by atoms with Crippen LogP contribution in [-0.2, 0) is 0 Å². The zero-order valence-electron chi connectivity index (χ0n) is 14.2. The highest BCUT2D eigenvalue weighted by atomic mass is 15.2. The number of nitrogens with zero attached hydrogens (tertiary/aromatic N) is 3. The van der Waals surface area contributed by atoms with Crippen LogP contribution >= 0.6 is 0 Å². The third-order valence-electron chi connectivity index (χ3n) is 4.28. The summed E-state index contributed by atoms with van der Waals surface area (Å²) >= 11 is 0. The standard InChI is InChI=1S/C20H23N3/c1-15-19(23(4)20-8-6-5-7-18(20)21-15)14-11-16-9-12-17(13-10-16)22(2)3/h5-14,19H,1-4H3. The Labute approximate surface area is 138 Å². The number of rotatable bonds is 3. The number of hydrogen-bond acceptors (Lipinski definition) is 3. The van der Waals surface area contributed by atoms with Crippen molar-refractivity contribution in [1.82, 2.24) is 0 Å². The second-order valence-electron chi connectivity index (χ2n) is 6.14. The zero-order chi connectivity index (χ0) is 16.4. The predicted molar refractivity (Wildman–Crippen MR) is 101 cm³/mol. The lowest BCUT2D eigenvalue weighted by Crippen LogP contribution is -2.37. The van der Waals surface area contributed by atoms with Gasteiger partial charge in [-0.25, -0.2) is 0 Å². The first-order valence-corrected chi connectivity index (χ1v) is 7.89. The van der Waals surface area contributed by atoms with E-state index in [1.807, 2.05) is 6.07 Å². The van der Waals surface area contributed by atoms with E-state index >= 15 is 0 Å². The number of aliphatic imine (C=N–C) groups is 1. The van der Waals surface area contributed by atoms with E-state index < -0.39 is 0 Å². The summed E-state index contributed by atoms with van der Waals surface area (Å²) in [4.78, 5) is 9.13. The summed E-state index contributed by atoms with van der Waals surface area (Å²) in [6, 6.07) is 17.1. The second kappa shape index (κ2) is 6.29. The average Bonchev–Trinajstić information content (AvgIpc) is 2.55. The molecule has 1 heterocycles. The number of anilines is 2. The van der Waals surface area contributed by atoms with Crippen molar-refractivity contribution in [3.05, 3.63) is 60.2 Å². The smallest absolute Gasteiger partial charge is 0.0863 e. The third-order valence-corrected chi connectivity index (χ3v) is 4.28. The summed E-state index contributed by atoms with van der Waals surface area (Å²) < 4.78 is 0. The van der Waals surface area contributed by atoms with Gasteiger partial charge in [-0.2, -0.15) is 0 Å². The van der Waals surface area contributed by atoms with Crippen molar-refractivity contribution in [3.8, 4) is 0 Å². The van der Waals surface area contributed by atoms with E-state index in [-0.39, 0.29) is 6.04 Å². The molecule has 1 unspecified atom stereocenters. The van der Waals surface area contributed by atoms with E-state index in [2.05, 4.69) is 92.5 Å². The molecular weight excluding hydrogens is 282 g/mol. The summed E-state index contributed by atoms with van der Waals surface area (Å²) in [5.74, 6) is 0. The minimum Gasteiger partial charge on any atom is -0.378 e. The van der Waals surface area contributed by atoms with Crippen molar-refractivity contribution in [3.63, 3.8) is 0 Å². The molecule has 0 amide bonds. The molecule has 0 saturated heterocycles. The van der Waals surface area contributed by atoms with Crippen molar-refractivity contribution >= 4 is 28.8 Å². The monoisotopic (exact) mass is 305 g/mol. The second-order valence-corrected chi connectivity index (χ2v) is 6.14. The summed E-state index contributed by atoms with van der Waals surface area (Å²) in [5, 5.41) is 0. The highest BCUT2D eigenvalue weighted by molar-refractivity contribution is 5.99. The van der Waals surface area contributed by atoms with Crippen LogP contribution in [0.2, 0.25) is 0 Å². The molecule has 1 atom stereocenters. The molecule has 1 aliphatic rings. The molecule has 3 heteroatoms. The molecule has 118 valence electrons. The van der Waals surface area contributed by atoms with Gasteiger partial charge in [-0.3, -0.25) is 4.99 Å². The van der Waals surface area contributed by atoms with E-state index in [1.54, 1.807) is 0 Å². The molecule has 0 spiro atoms. The van der Waals surface area contributed by atoms with E-state index in [4.69, 9.17) is 4.99 Å². The molecule has 2 aromatic carbocycles. The molecule has 0 fully saturated rings. The molecule has 2 aromatic rings. The van der Waals surface area contributed by atoms with E-state index in [9.17, 15) is 0 Å². The molecule has 3 rings (SSSR count). The van der Waals surface area contributed by atoms with Crippen molar-refractivity contribution in [2.24, 2.45) is 4.99 Å². The number of benzene rings is 2. The first kappa shape index (κ1) is 15.3. The summed E-state index contributed by atoms with van der Waals surface area (Å²) in [6.07, 6.45) is 4.40. The van der Waals surface area contributed by atoms with Gasteiger partial charge >= 0.3 is 0 Å². The van der Waals surface area contributed by atoms with Gasteiger partial charge in [-0.15, -0.1) is 0 Å². The molecule has 0 bridgehead atoms. The van der Waals surface area contributed by atoms with Crippen LogP contribution in [0.15, 0.2) is 59.6 Å². The Hall–Kier alpha value is -2.55. The van der Waals surface area contributed by atoms with Crippen LogP contribution in [0.5, 0.6) is 0 Å². The molecule has 0 aliphatic carbocycles. The molecule has 0 aromatic heterocycles. The largest absolute Gasteiger partial charge is 0.378 e. The first-order chi connectivity index (χ1) is 11.1. The molecule has 0 N–H and O–H groups in total. The van der Waals surface area contributed by atoms with Crippen LogP contribution in [0.3, 0.4) is 0 Å². The number of hydrogen-bond donors (Lipinski definition) is 0. The predicted octanol–water partition coefficient (Wildman–Crippen LogP) is 4.38. The molecule has 0 radical (unpaired) electrons. The minimum atomic E-state index is 0.193. The normalized spacial score (nSPS) is 17.1. The summed E-state index contributed by atoms with van der Waals surface area (Å²) in [5.41, 5.74) is 5.76. The summed E-state index contributed by atoms with van der Waals surface area (Å²) in [6.45, 7) is 2.09. The van der Waals surface area contributed by atoms with Crippen molar-refractivity contribution < 1.29 is 0 Å². The Morgan fingerprint density at radius 3 is 2.43 bits per heavy atom. The fraction of sp³-hybridized carbons (Fsp3) is 0.250. The lowest BCUT2D eigenvalue weighted by Gasteiger charge is -2.32. The topological polar surface area (TPSA) is 18.8 Å². The molecule has 3 nitrogen and oxygen atoms in total. The van der Waals surface area contributed by atoms with Crippen LogP contribution in [-0.4, -0.2) is 32.9 Å². The Kier molecular flexibility index (Phi) is 4.20. The Balaban J connectivity index is 1.83. The van der Waals surface area contributed by atoms with Crippen LogP contribution in [0.4, 0.5) is 17.1 Å². The fourth-order valence-corrected chi connectivity index (χ4v) is 2.90. The molecule has 0 saturated carbocycles. The van der Waals surface area contributed by atoms with Gasteiger partial charge in [0.05, 0.1) is 17.4 Å². The van der Waals surface area contributed by atoms with Gasteiger partial charge in [0.2, 0.25) is 0 Å². The van der Waals surface area contributed by atoms with Gasteiger partial charge in [-0.1, -0.05) is 36.4 Å². The maximum atomic E-state index is 4.74. The van der Waals surface area contributed by atoms with Gasteiger partial charge in [0, 0.05) is 32.5 Å². The van der Waals surface area contributed by atoms with Gasteiger partial charge in [-0.05, 0) is 36.8 Å². The van der Waals surface area contributed by atoms with Crippen LogP contribution < -0.4 is 9.80 Å². The lowest BCUT2D eigenvalue weighted by molar-refractivity contribution is 0.911. The Morgan fingerprint density at radius 2 is 1.74 bits per heavy atom. The van der Waals surface area contributed by atoms with E-state index in [0.29, 0.717) is 0 Å². The molecule has 23 heavy (non-hydrogen) atoms. The Morgan fingerprint density at radius 1 is 1.04 bits per heavy atom. The maximum absolute atomic E-state index is 4.74. The van der Waals surface area contributed by atoms with Gasteiger partial charge < -0.3 is 9.80 Å². The van der Waals surface area contributed by atoms with Crippen LogP contribution in [0.25, 0.3) is 6.08 Å². The molecule has 1 aliphatic heterocycles. The quantitative estimate of drug-likeness (QED) is 0.838. The zero-order valence-corrected chi connectivity index (χ0v) is 14.2. The maximum Gasteiger partial charge on any atom is 0.0863 e. The third kappa shape index (κ3) is 3.14. The number of para-hydroxylation sites is 2. The minimum absolute atomic E-state index is 0.193. The average molecular weight is 305 g/mol. The van der Waals surface area contributed by atoms with E-state index in [1.165, 1.54) is 16.9 Å². The summed E-state index contributed by atoms with van der Waals surface area (Å²) in [7, 11) is 6.24. The van der Waals surface area contributed by atoms with Crippen LogP contribution in [0, 0.1) is 0 Å². The fourth-order valence-electron chi connectivity index (χ4n) is 2.90. The van der Waals surface area contributed by atoms with Crippen molar-refractivity contribution in [2.45, 2.75) is 13.0 Å². The van der Waals surface area contributed by atoms with Crippen LogP contribution in [0.1, 0.15) is 12.5 Å². The van der Waals surface area contributed by atoms with Crippen molar-refractivity contribution in [2.75, 3.05) is 30.9 Å². The first-order valence-electron chi connectivity index (χ1n) is 7.89. The Bertz CT molecular complexity index is 742. The van der Waals surface area contributed by atoms with Gasteiger partial charge in [0.15, 0.2) is 0 Å². The molecular formula is C20H23N3. The number of likely N-dealkylation sites (N-methyl/N-ethyl adjacent to an activating group) is 1. The van der Waals surface area contributed by atoms with Crippen molar-refractivity contribution in [1.29, 1.82) is 0 Å². The number of fused-ring (bicyclic) bond motifs is 1. The highest BCUT2D eigenvalue weighted by Gasteiger charge is 2.22. The lowest BCUT2D eigenvalue weighted by atomic mass is 10.0.